The van der Waals surface area contributed by atoms with Crippen LogP contribution in [-0.2, 0) is 9.53 Å². The Labute approximate surface area is 135 Å². The van der Waals surface area contributed by atoms with Gasteiger partial charge in [-0.25, -0.2) is 0 Å². The molecular formula is C17H22N2O4. The van der Waals surface area contributed by atoms with Crippen LogP contribution < -0.4 is 4.90 Å². The van der Waals surface area contributed by atoms with Gasteiger partial charge in [0.05, 0.1) is 25.4 Å². The number of nitrogens with zero attached hydrogens (tertiary/aromatic N) is 2. The van der Waals surface area contributed by atoms with E-state index in [1.165, 1.54) is 0 Å². The zero-order valence-corrected chi connectivity index (χ0v) is 13.3. The zero-order valence-electron chi connectivity index (χ0n) is 13.3. The van der Waals surface area contributed by atoms with Crippen LogP contribution in [0.5, 0.6) is 0 Å². The third-order valence-corrected chi connectivity index (χ3v) is 4.52. The van der Waals surface area contributed by atoms with Crippen molar-refractivity contribution in [2.24, 2.45) is 0 Å². The van der Waals surface area contributed by atoms with Crippen molar-refractivity contribution in [3.05, 3.63) is 29.8 Å². The van der Waals surface area contributed by atoms with Gasteiger partial charge in [0.15, 0.2) is 0 Å². The van der Waals surface area contributed by atoms with Gasteiger partial charge in [0.25, 0.3) is 5.91 Å². The molecule has 6 heteroatoms. The fourth-order valence-corrected chi connectivity index (χ4v) is 3.23. The molecule has 1 aromatic carbocycles. The summed E-state index contributed by atoms with van der Waals surface area (Å²) in [5, 5.41) is 9.94. The maximum absolute atomic E-state index is 12.7. The van der Waals surface area contributed by atoms with Crippen LogP contribution in [0.2, 0.25) is 0 Å². The predicted molar refractivity (Wildman–Crippen MR) is 85.4 cm³/mol. The van der Waals surface area contributed by atoms with Gasteiger partial charge in [-0.15, -0.1) is 0 Å². The molecule has 2 amide bonds. The Morgan fingerprint density at radius 2 is 2.09 bits per heavy atom. The molecule has 2 saturated heterocycles. The van der Waals surface area contributed by atoms with E-state index in [1.807, 2.05) is 19.1 Å². The molecule has 0 aromatic heterocycles. The van der Waals surface area contributed by atoms with Crippen molar-refractivity contribution in [2.75, 3.05) is 31.2 Å². The summed E-state index contributed by atoms with van der Waals surface area (Å²) in [7, 11) is 0. The number of ether oxygens (including phenoxy) is 1. The molecule has 2 heterocycles. The number of aliphatic hydroxyl groups excluding tert-OH is 1. The van der Waals surface area contributed by atoms with E-state index < -0.39 is 6.10 Å². The Bertz CT molecular complexity index is 587. The second kappa shape index (κ2) is 6.68. The van der Waals surface area contributed by atoms with E-state index in [9.17, 15) is 14.7 Å². The number of anilines is 1. The molecule has 0 radical (unpaired) electrons. The fourth-order valence-electron chi connectivity index (χ4n) is 3.23. The molecule has 0 unspecified atom stereocenters. The van der Waals surface area contributed by atoms with Gasteiger partial charge in [0, 0.05) is 30.8 Å². The van der Waals surface area contributed by atoms with Crippen molar-refractivity contribution in [1.82, 2.24) is 4.90 Å². The first-order chi connectivity index (χ1) is 11.1. The average Bonchev–Trinajstić information content (AvgIpc) is 3.17. The van der Waals surface area contributed by atoms with Crippen LogP contribution in [-0.4, -0.2) is 60.3 Å². The highest BCUT2D eigenvalue weighted by molar-refractivity contribution is 5.97. The van der Waals surface area contributed by atoms with Crippen molar-refractivity contribution >= 4 is 17.5 Å². The van der Waals surface area contributed by atoms with E-state index in [2.05, 4.69) is 0 Å². The largest absolute Gasteiger partial charge is 0.388 e. The fraction of sp³-hybridized carbons (Fsp3) is 0.529. The first kappa shape index (κ1) is 16.0. The van der Waals surface area contributed by atoms with Gasteiger partial charge in [-0.05, 0) is 37.6 Å². The Hall–Kier alpha value is -1.92. The molecule has 3 rings (SSSR count). The highest BCUT2D eigenvalue weighted by Gasteiger charge is 2.34. The minimum Gasteiger partial charge on any atom is -0.388 e. The molecule has 1 aromatic rings. The lowest BCUT2D eigenvalue weighted by Crippen LogP contribution is -2.46. The van der Waals surface area contributed by atoms with Gasteiger partial charge in [-0.3, -0.25) is 9.59 Å². The minimum atomic E-state index is -0.639. The number of hydrogen-bond donors (Lipinski definition) is 1. The van der Waals surface area contributed by atoms with Crippen LogP contribution in [0.25, 0.3) is 0 Å². The molecule has 0 spiro atoms. The molecule has 0 bridgehead atoms. The second-order valence-corrected chi connectivity index (χ2v) is 5.96. The Morgan fingerprint density at radius 1 is 1.35 bits per heavy atom. The van der Waals surface area contributed by atoms with Crippen molar-refractivity contribution in [1.29, 1.82) is 0 Å². The highest BCUT2D eigenvalue weighted by Crippen LogP contribution is 2.23. The van der Waals surface area contributed by atoms with Crippen molar-refractivity contribution < 1.29 is 19.4 Å². The molecule has 6 nitrogen and oxygen atoms in total. The third kappa shape index (κ3) is 3.09. The molecule has 0 aliphatic carbocycles. The minimum absolute atomic E-state index is 0.124. The maximum Gasteiger partial charge on any atom is 0.254 e. The second-order valence-electron chi connectivity index (χ2n) is 5.96. The summed E-state index contributed by atoms with van der Waals surface area (Å²) in [6.07, 6.45) is 0.826. The van der Waals surface area contributed by atoms with Gasteiger partial charge >= 0.3 is 0 Å². The molecule has 2 aliphatic rings. The smallest absolute Gasteiger partial charge is 0.254 e. The quantitative estimate of drug-likeness (QED) is 0.900. The van der Waals surface area contributed by atoms with E-state index in [0.717, 1.165) is 18.7 Å². The summed E-state index contributed by atoms with van der Waals surface area (Å²) in [5.41, 5.74) is 1.39. The Kier molecular flexibility index (Phi) is 4.63. The van der Waals surface area contributed by atoms with E-state index in [0.29, 0.717) is 25.1 Å². The molecule has 2 aliphatic heterocycles. The number of amides is 2. The first-order valence-electron chi connectivity index (χ1n) is 8.09. The lowest BCUT2D eigenvalue weighted by molar-refractivity contribution is -0.117. The number of hydrogen-bond acceptors (Lipinski definition) is 4. The van der Waals surface area contributed by atoms with Crippen LogP contribution >= 0.6 is 0 Å². The lowest BCUT2D eigenvalue weighted by atomic mass is 10.1. The van der Waals surface area contributed by atoms with Crippen molar-refractivity contribution in [3.8, 4) is 0 Å². The SMILES string of the molecule is CCN(C(=O)c1ccc(N2CCCC2=O)cc1)[C@H]1COC[C@@H]1O. The number of carbonyl (C=O) groups is 2. The summed E-state index contributed by atoms with van der Waals surface area (Å²) in [5.74, 6) is 0.00633. The highest BCUT2D eigenvalue weighted by atomic mass is 16.5. The summed E-state index contributed by atoms with van der Waals surface area (Å²) < 4.78 is 5.25. The van der Waals surface area contributed by atoms with Crippen LogP contribution in [0.3, 0.4) is 0 Å². The molecule has 124 valence electrons. The standard InChI is InChI=1S/C17H22N2O4/c1-2-18(14-10-23-11-15(14)20)17(22)12-5-7-13(8-6-12)19-9-3-4-16(19)21/h5-8,14-15,20H,2-4,9-11H2,1H3/t14-,15-/m0/s1. The zero-order chi connectivity index (χ0) is 16.4. The van der Waals surface area contributed by atoms with Crippen LogP contribution in [0.1, 0.15) is 30.1 Å². The van der Waals surface area contributed by atoms with E-state index in [-0.39, 0.29) is 24.5 Å². The number of likely N-dealkylation sites (N-methyl/N-ethyl adjacent to an activating group) is 1. The predicted octanol–water partition coefficient (Wildman–Crippen LogP) is 1.04. The van der Waals surface area contributed by atoms with Crippen LogP contribution in [0.15, 0.2) is 24.3 Å². The van der Waals surface area contributed by atoms with Gasteiger partial charge in [0.1, 0.15) is 0 Å². The van der Waals surface area contributed by atoms with E-state index >= 15 is 0 Å². The number of carbonyl (C=O) groups excluding carboxylic acids is 2. The van der Waals surface area contributed by atoms with E-state index in [1.54, 1.807) is 21.9 Å². The normalized spacial score (nSPS) is 24.3. The molecule has 2 atom stereocenters. The topological polar surface area (TPSA) is 70.1 Å². The summed E-state index contributed by atoms with van der Waals surface area (Å²) in [4.78, 5) is 27.8. The molecule has 2 fully saturated rings. The monoisotopic (exact) mass is 318 g/mol. The molecule has 1 N–H and O–H groups in total. The van der Waals surface area contributed by atoms with Crippen LogP contribution in [0, 0.1) is 0 Å². The van der Waals surface area contributed by atoms with Gasteiger partial charge < -0.3 is 19.6 Å². The maximum atomic E-state index is 12.7. The average molecular weight is 318 g/mol. The van der Waals surface area contributed by atoms with E-state index in [4.69, 9.17) is 4.74 Å². The molecule has 0 saturated carbocycles. The number of benzene rings is 1. The van der Waals surface area contributed by atoms with Gasteiger partial charge in [-0.1, -0.05) is 0 Å². The Balaban J connectivity index is 1.75. The lowest BCUT2D eigenvalue weighted by Gasteiger charge is -2.29. The number of rotatable bonds is 4. The molecular weight excluding hydrogens is 296 g/mol. The van der Waals surface area contributed by atoms with Crippen LogP contribution in [0.4, 0.5) is 5.69 Å². The summed E-state index contributed by atoms with van der Waals surface area (Å²) in [6, 6.07) is 6.81. The molecule has 23 heavy (non-hydrogen) atoms. The van der Waals surface area contributed by atoms with Gasteiger partial charge in [0.2, 0.25) is 5.91 Å². The third-order valence-electron chi connectivity index (χ3n) is 4.52. The summed E-state index contributed by atoms with van der Waals surface area (Å²) >= 11 is 0. The van der Waals surface area contributed by atoms with Crippen molar-refractivity contribution in [3.63, 3.8) is 0 Å². The van der Waals surface area contributed by atoms with Gasteiger partial charge in [-0.2, -0.15) is 0 Å². The first-order valence-corrected chi connectivity index (χ1v) is 8.09. The van der Waals surface area contributed by atoms with Crippen molar-refractivity contribution in [2.45, 2.75) is 31.9 Å². The summed E-state index contributed by atoms with van der Waals surface area (Å²) in [6.45, 7) is 3.76. The number of aliphatic hydroxyl groups is 1. The Morgan fingerprint density at radius 3 is 2.61 bits per heavy atom.